The number of rotatable bonds is 6. The molecule has 0 aromatic heterocycles. The van der Waals surface area contributed by atoms with E-state index in [4.69, 9.17) is 10.5 Å². The van der Waals surface area contributed by atoms with Gasteiger partial charge in [0.05, 0.1) is 18.2 Å². The number of hydrogen-bond donors (Lipinski definition) is 1. The summed E-state index contributed by atoms with van der Waals surface area (Å²) >= 11 is 0. The number of amidine groups is 1. The molecule has 2 N–H and O–H groups in total. The fourth-order valence-electron chi connectivity index (χ4n) is 2.47. The first-order valence-corrected chi connectivity index (χ1v) is 6.85. The monoisotopic (exact) mass is 263 g/mol. The highest BCUT2D eigenvalue weighted by molar-refractivity contribution is 6.39. The van der Waals surface area contributed by atoms with Crippen molar-refractivity contribution in [3.63, 3.8) is 0 Å². The van der Waals surface area contributed by atoms with Crippen molar-refractivity contribution in [1.82, 2.24) is 0 Å². The average molecular weight is 263 g/mol. The molecule has 0 aromatic rings. The van der Waals surface area contributed by atoms with Gasteiger partial charge in [-0.1, -0.05) is 13.5 Å². The molecule has 1 saturated heterocycles. The summed E-state index contributed by atoms with van der Waals surface area (Å²) in [5, 5.41) is 0. The molecule has 2 aliphatic heterocycles. The Morgan fingerprint density at radius 1 is 1.58 bits per heavy atom. The lowest BCUT2D eigenvalue weighted by atomic mass is 10.0. The molecule has 0 aliphatic carbocycles. The lowest BCUT2D eigenvalue weighted by molar-refractivity contribution is -0.112. The molecule has 104 valence electrons. The molecular formula is C14H21N3O2. The predicted octanol–water partition coefficient (Wildman–Crippen LogP) is 1.62. The molecule has 1 amide bonds. The topological polar surface area (TPSA) is 77.0 Å². The second-order valence-electron chi connectivity index (χ2n) is 5.11. The van der Waals surface area contributed by atoms with E-state index in [9.17, 15) is 4.79 Å². The van der Waals surface area contributed by atoms with E-state index in [0.29, 0.717) is 6.10 Å². The zero-order chi connectivity index (χ0) is 13.8. The van der Waals surface area contributed by atoms with Crippen LogP contribution in [-0.2, 0) is 9.53 Å². The number of primary amides is 1. The highest BCUT2D eigenvalue weighted by Crippen LogP contribution is 2.29. The minimum atomic E-state index is -0.558. The van der Waals surface area contributed by atoms with Crippen LogP contribution in [0.15, 0.2) is 22.1 Å². The van der Waals surface area contributed by atoms with E-state index < -0.39 is 5.91 Å². The van der Waals surface area contributed by atoms with Crippen molar-refractivity contribution < 1.29 is 9.53 Å². The summed E-state index contributed by atoms with van der Waals surface area (Å²) in [7, 11) is 0. The van der Waals surface area contributed by atoms with Crippen LogP contribution in [0.5, 0.6) is 0 Å². The van der Waals surface area contributed by atoms with Crippen molar-refractivity contribution in [2.75, 3.05) is 0 Å². The molecular weight excluding hydrogens is 242 g/mol. The van der Waals surface area contributed by atoms with Gasteiger partial charge in [0, 0.05) is 6.21 Å². The molecule has 2 aliphatic rings. The van der Waals surface area contributed by atoms with Gasteiger partial charge in [0.25, 0.3) is 5.91 Å². The summed E-state index contributed by atoms with van der Waals surface area (Å²) in [5.74, 6) is -0.422. The maximum Gasteiger partial charge on any atom is 0.286 e. The van der Waals surface area contributed by atoms with Crippen LogP contribution in [0.1, 0.15) is 39.0 Å². The molecule has 19 heavy (non-hydrogen) atoms. The van der Waals surface area contributed by atoms with Gasteiger partial charge in [-0.05, 0) is 37.7 Å². The fraction of sp³-hybridized carbons (Fsp3) is 0.643. The lowest BCUT2D eigenvalue weighted by Crippen LogP contribution is -2.20. The van der Waals surface area contributed by atoms with E-state index in [-0.39, 0.29) is 18.0 Å². The molecule has 1 fully saturated rings. The van der Waals surface area contributed by atoms with E-state index in [2.05, 4.69) is 23.5 Å². The molecule has 0 bridgehead atoms. The van der Waals surface area contributed by atoms with Crippen molar-refractivity contribution >= 4 is 18.0 Å². The van der Waals surface area contributed by atoms with E-state index in [1.807, 2.05) is 0 Å². The minimum absolute atomic E-state index is 0.0147. The molecule has 0 radical (unpaired) electrons. The molecule has 5 heteroatoms. The molecule has 5 nitrogen and oxygen atoms in total. The molecule has 3 atom stereocenters. The van der Waals surface area contributed by atoms with Gasteiger partial charge in [-0.25, -0.2) is 4.99 Å². The van der Waals surface area contributed by atoms with Crippen molar-refractivity contribution in [3.8, 4) is 0 Å². The van der Waals surface area contributed by atoms with E-state index in [0.717, 1.165) is 32.1 Å². The Morgan fingerprint density at radius 2 is 2.37 bits per heavy atom. The van der Waals surface area contributed by atoms with Gasteiger partial charge in [0.15, 0.2) is 0 Å². The number of amides is 1. The third kappa shape index (κ3) is 3.50. The van der Waals surface area contributed by atoms with Crippen molar-refractivity contribution in [1.29, 1.82) is 0 Å². The highest BCUT2D eigenvalue weighted by atomic mass is 16.5. The lowest BCUT2D eigenvalue weighted by Gasteiger charge is -2.13. The summed E-state index contributed by atoms with van der Waals surface area (Å²) in [5.41, 5.74) is 6.32. The maximum absolute atomic E-state index is 10.9. The first-order chi connectivity index (χ1) is 9.10. The Hall–Kier alpha value is -1.49. The summed E-state index contributed by atoms with van der Waals surface area (Å²) in [6.45, 7) is 6.21. The number of nitrogens with zero attached hydrogens (tertiary/aromatic N) is 2. The van der Waals surface area contributed by atoms with Gasteiger partial charge in [-0.3, -0.25) is 9.79 Å². The highest BCUT2D eigenvalue weighted by Gasteiger charge is 2.27. The summed E-state index contributed by atoms with van der Waals surface area (Å²) in [6.07, 6.45) is 7.04. The van der Waals surface area contributed by atoms with Gasteiger partial charge in [0.2, 0.25) is 5.84 Å². The molecule has 2 unspecified atom stereocenters. The predicted molar refractivity (Wildman–Crippen MR) is 75.5 cm³/mol. The SMILES string of the molecule is C=C1CC(CC)O[C@H]1CCCC1C=NC(C(N)=O)=N1. The van der Waals surface area contributed by atoms with Crippen LogP contribution < -0.4 is 5.73 Å². The third-order valence-electron chi connectivity index (χ3n) is 3.60. The Kier molecular flexibility index (Phi) is 4.47. The number of aliphatic imine (C=N–C) groups is 2. The zero-order valence-corrected chi connectivity index (χ0v) is 11.3. The Bertz CT molecular complexity index is 428. The third-order valence-corrected chi connectivity index (χ3v) is 3.60. The van der Waals surface area contributed by atoms with Crippen molar-refractivity contribution in [3.05, 3.63) is 12.2 Å². The van der Waals surface area contributed by atoms with E-state index in [1.54, 1.807) is 6.21 Å². The fourth-order valence-corrected chi connectivity index (χ4v) is 2.47. The standard InChI is InChI=1S/C14H21N3O2/c1-3-11-7-9(2)12(19-11)6-4-5-10-8-16-14(17-10)13(15)18/h8,10-12H,2-7H2,1H3,(H2,15,18)/t10?,11?,12-/m0/s1. The number of nitrogens with two attached hydrogens (primary N) is 1. The average Bonchev–Trinajstić information content (AvgIpc) is 2.97. The molecule has 0 aromatic carbocycles. The number of hydrogen-bond acceptors (Lipinski definition) is 4. The van der Waals surface area contributed by atoms with Gasteiger partial charge >= 0.3 is 0 Å². The van der Waals surface area contributed by atoms with Gasteiger partial charge < -0.3 is 10.5 Å². The number of carbonyl (C=O) groups is 1. The second-order valence-corrected chi connectivity index (χ2v) is 5.11. The maximum atomic E-state index is 10.9. The molecule has 0 saturated carbocycles. The van der Waals surface area contributed by atoms with Crippen LogP contribution in [-0.4, -0.2) is 36.2 Å². The van der Waals surface area contributed by atoms with Gasteiger partial charge in [0.1, 0.15) is 0 Å². The smallest absolute Gasteiger partial charge is 0.286 e. The summed E-state index contributed by atoms with van der Waals surface area (Å²) in [4.78, 5) is 19.0. The van der Waals surface area contributed by atoms with Crippen LogP contribution in [0.25, 0.3) is 0 Å². The normalized spacial score (nSPS) is 29.8. The van der Waals surface area contributed by atoms with E-state index >= 15 is 0 Å². The van der Waals surface area contributed by atoms with E-state index in [1.165, 1.54) is 5.57 Å². The second kappa shape index (κ2) is 6.10. The van der Waals surface area contributed by atoms with Crippen LogP contribution in [0.3, 0.4) is 0 Å². The minimum Gasteiger partial charge on any atom is -0.370 e. The van der Waals surface area contributed by atoms with Crippen LogP contribution in [0.4, 0.5) is 0 Å². The quantitative estimate of drug-likeness (QED) is 0.739. The van der Waals surface area contributed by atoms with Gasteiger partial charge in [-0.2, -0.15) is 0 Å². The Balaban J connectivity index is 1.72. The molecule has 2 rings (SSSR count). The van der Waals surface area contributed by atoms with Gasteiger partial charge in [-0.15, -0.1) is 0 Å². The Labute approximate surface area is 113 Å². The first kappa shape index (κ1) is 13.9. The van der Waals surface area contributed by atoms with Crippen molar-refractivity contribution in [2.24, 2.45) is 15.7 Å². The largest absolute Gasteiger partial charge is 0.370 e. The number of ether oxygens (including phenoxy) is 1. The molecule has 2 heterocycles. The summed E-state index contributed by atoms with van der Waals surface area (Å²) < 4.78 is 5.90. The Morgan fingerprint density at radius 3 is 2.95 bits per heavy atom. The summed E-state index contributed by atoms with van der Waals surface area (Å²) in [6, 6.07) is -0.0147. The number of carbonyl (C=O) groups excluding carboxylic acids is 1. The van der Waals surface area contributed by atoms with Crippen LogP contribution in [0, 0.1) is 0 Å². The first-order valence-electron chi connectivity index (χ1n) is 6.85. The zero-order valence-electron chi connectivity index (χ0n) is 11.3. The van der Waals surface area contributed by atoms with Crippen LogP contribution in [0.2, 0.25) is 0 Å². The van der Waals surface area contributed by atoms with Crippen LogP contribution >= 0.6 is 0 Å². The molecule has 0 spiro atoms. The van der Waals surface area contributed by atoms with Crippen molar-refractivity contribution in [2.45, 2.75) is 57.3 Å².